The number of carbonyl (C=O) groups excluding carboxylic acids is 3. The first-order valence-electron chi connectivity index (χ1n) is 6.61. The van der Waals surface area contributed by atoms with Crippen LogP contribution in [0.4, 0.5) is 0 Å². The maximum atomic E-state index is 11.9. The first kappa shape index (κ1) is 12.5. The quantitative estimate of drug-likeness (QED) is 0.706. The SMILES string of the molecule is C[C@@H](CC=O)[C@H]1CCC(=O)[C@H]2CCC(=O)C[C@H]12. The fourth-order valence-electron chi connectivity index (χ4n) is 3.63. The molecular weight excluding hydrogens is 216 g/mol. The maximum Gasteiger partial charge on any atom is 0.136 e. The van der Waals surface area contributed by atoms with E-state index in [4.69, 9.17) is 0 Å². The van der Waals surface area contributed by atoms with E-state index >= 15 is 0 Å². The van der Waals surface area contributed by atoms with Crippen molar-refractivity contribution in [2.75, 3.05) is 0 Å². The van der Waals surface area contributed by atoms with Gasteiger partial charge in [-0.25, -0.2) is 0 Å². The van der Waals surface area contributed by atoms with E-state index in [1.165, 1.54) is 0 Å². The minimum atomic E-state index is 0.0977. The molecule has 2 fully saturated rings. The zero-order chi connectivity index (χ0) is 12.4. The van der Waals surface area contributed by atoms with Crippen LogP contribution in [0, 0.1) is 23.7 Å². The van der Waals surface area contributed by atoms with Gasteiger partial charge >= 0.3 is 0 Å². The van der Waals surface area contributed by atoms with Crippen molar-refractivity contribution >= 4 is 17.9 Å². The van der Waals surface area contributed by atoms with Crippen molar-refractivity contribution in [2.45, 2.75) is 45.4 Å². The topological polar surface area (TPSA) is 51.2 Å². The molecule has 0 aromatic heterocycles. The monoisotopic (exact) mass is 236 g/mol. The van der Waals surface area contributed by atoms with Crippen LogP contribution in [-0.2, 0) is 14.4 Å². The van der Waals surface area contributed by atoms with Crippen LogP contribution in [0.3, 0.4) is 0 Å². The number of hydrogen-bond donors (Lipinski definition) is 0. The van der Waals surface area contributed by atoms with Gasteiger partial charge in [0.25, 0.3) is 0 Å². The molecule has 0 aromatic rings. The molecule has 4 atom stereocenters. The van der Waals surface area contributed by atoms with Crippen LogP contribution in [-0.4, -0.2) is 17.9 Å². The Hall–Kier alpha value is -0.990. The Morgan fingerprint density at radius 3 is 2.76 bits per heavy atom. The molecule has 0 aromatic carbocycles. The van der Waals surface area contributed by atoms with Gasteiger partial charge in [-0.2, -0.15) is 0 Å². The largest absolute Gasteiger partial charge is 0.303 e. The number of rotatable bonds is 3. The standard InChI is InChI=1S/C14H20O3/c1-9(6-7-15)11-4-5-14(17)12-3-2-10(16)8-13(11)12/h7,9,11-13H,2-6,8H2,1H3/t9-,11+,12-,13+/m0/s1. The van der Waals surface area contributed by atoms with Crippen molar-refractivity contribution in [1.29, 1.82) is 0 Å². The molecule has 0 saturated heterocycles. The summed E-state index contributed by atoms with van der Waals surface area (Å²) in [5, 5.41) is 0. The van der Waals surface area contributed by atoms with Gasteiger partial charge in [-0.15, -0.1) is 0 Å². The Morgan fingerprint density at radius 2 is 2.06 bits per heavy atom. The first-order valence-corrected chi connectivity index (χ1v) is 6.61. The number of carbonyl (C=O) groups is 3. The first-order chi connectivity index (χ1) is 8.13. The third-order valence-electron chi connectivity index (χ3n) is 4.60. The molecule has 0 unspecified atom stereocenters. The van der Waals surface area contributed by atoms with E-state index < -0.39 is 0 Å². The lowest BCUT2D eigenvalue weighted by molar-refractivity contribution is -0.135. The van der Waals surface area contributed by atoms with Crippen LogP contribution < -0.4 is 0 Å². The van der Waals surface area contributed by atoms with Crippen LogP contribution in [0.5, 0.6) is 0 Å². The van der Waals surface area contributed by atoms with Crippen LogP contribution >= 0.6 is 0 Å². The number of aldehydes is 1. The minimum Gasteiger partial charge on any atom is -0.303 e. The second-order valence-electron chi connectivity index (χ2n) is 5.60. The molecule has 2 aliphatic rings. The zero-order valence-corrected chi connectivity index (χ0v) is 10.4. The van der Waals surface area contributed by atoms with Crippen molar-refractivity contribution in [2.24, 2.45) is 23.7 Å². The average molecular weight is 236 g/mol. The summed E-state index contributed by atoms with van der Waals surface area (Å²) in [6, 6.07) is 0. The second kappa shape index (κ2) is 5.11. The number of Topliss-reactive ketones (excluding diaryl/α,β-unsaturated/α-hetero) is 2. The molecule has 0 spiro atoms. The van der Waals surface area contributed by atoms with E-state index in [1.54, 1.807) is 0 Å². The highest BCUT2D eigenvalue weighted by molar-refractivity contribution is 5.87. The molecule has 0 radical (unpaired) electrons. The van der Waals surface area contributed by atoms with Gasteiger partial charge in [0.2, 0.25) is 0 Å². The zero-order valence-electron chi connectivity index (χ0n) is 10.4. The van der Waals surface area contributed by atoms with Gasteiger partial charge in [-0.1, -0.05) is 6.92 Å². The summed E-state index contributed by atoms with van der Waals surface area (Å²) in [6.45, 7) is 2.07. The molecule has 2 aliphatic carbocycles. The number of ketones is 2. The molecule has 17 heavy (non-hydrogen) atoms. The Morgan fingerprint density at radius 1 is 1.29 bits per heavy atom. The fraction of sp³-hybridized carbons (Fsp3) is 0.786. The second-order valence-corrected chi connectivity index (χ2v) is 5.60. The molecule has 0 amide bonds. The highest BCUT2D eigenvalue weighted by Gasteiger charge is 2.43. The van der Waals surface area contributed by atoms with Gasteiger partial charge in [0.15, 0.2) is 0 Å². The molecule has 2 saturated carbocycles. The summed E-state index contributed by atoms with van der Waals surface area (Å²) in [6.07, 6.45) is 4.89. The normalized spacial score (nSPS) is 35.2. The Bertz CT molecular complexity index is 334. The Labute approximate surface area is 102 Å². The van der Waals surface area contributed by atoms with Gasteiger partial charge in [-0.3, -0.25) is 9.59 Å². The average Bonchev–Trinajstić information content (AvgIpc) is 2.29. The summed E-state index contributed by atoms with van der Waals surface area (Å²) < 4.78 is 0. The highest BCUT2D eigenvalue weighted by atomic mass is 16.1. The van der Waals surface area contributed by atoms with Gasteiger partial charge in [0.05, 0.1) is 0 Å². The van der Waals surface area contributed by atoms with Crippen LogP contribution in [0.15, 0.2) is 0 Å². The van der Waals surface area contributed by atoms with E-state index in [1.807, 2.05) is 0 Å². The van der Waals surface area contributed by atoms with Gasteiger partial charge in [0.1, 0.15) is 17.9 Å². The summed E-state index contributed by atoms with van der Waals surface area (Å²) in [5.74, 6) is 1.64. The summed E-state index contributed by atoms with van der Waals surface area (Å²) in [5.41, 5.74) is 0. The van der Waals surface area contributed by atoms with E-state index in [2.05, 4.69) is 6.92 Å². The third-order valence-corrected chi connectivity index (χ3v) is 4.60. The van der Waals surface area contributed by atoms with Gasteiger partial charge < -0.3 is 4.79 Å². The maximum absolute atomic E-state index is 11.9. The van der Waals surface area contributed by atoms with Crippen LogP contribution in [0.1, 0.15) is 45.4 Å². The van der Waals surface area contributed by atoms with E-state index in [0.29, 0.717) is 49.1 Å². The van der Waals surface area contributed by atoms with E-state index in [9.17, 15) is 14.4 Å². The molecule has 3 heteroatoms. The molecular formula is C14H20O3. The number of fused-ring (bicyclic) bond motifs is 1. The Balaban J connectivity index is 2.13. The predicted molar refractivity (Wildman–Crippen MR) is 63.4 cm³/mol. The summed E-state index contributed by atoms with van der Waals surface area (Å²) >= 11 is 0. The fourth-order valence-corrected chi connectivity index (χ4v) is 3.63. The summed E-state index contributed by atoms with van der Waals surface area (Å²) in [7, 11) is 0. The van der Waals surface area contributed by atoms with Crippen LogP contribution in [0.2, 0.25) is 0 Å². The third kappa shape index (κ3) is 2.48. The smallest absolute Gasteiger partial charge is 0.136 e. The van der Waals surface area contributed by atoms with Crippen molar-refractivity contribution in [3.05, 3.63) is 0 Å². The van der Waals surface area contributed by atoms with E-state index in [0.717, 1.165) is 19.1 Å². The van der Waals surface area contributed by atoms with Crippen molar-refractivity contribution in [1.82, 2.24) is 0 Å². The van der Waals surface area contributed by atoms with Crippen molar-refractivity contribution in [3.8, 4) is 0 Å². The van der Waals surface area contributed by atoms with Crippen molar-refractivity contribution < 1.29 is 14.4 Å². The molecule has 0 heterocycles. The van der Waals surface area contributed by atoms with Gasteiger partial charge in [0, 0.05) is 31.6 Å². The van der Waals surface area contributed by atoms with Crippen molar-refractivity contribution in [3.63, 3.8) is 0 Å². The van der Waals surface area contributed by atoms with Crippen LogP contribution in [0.25, 0.3) is 0 Å². The lowest BCUT2D eigenvalue weighted by Crippen LogP contribution is -2.41. The predicted octanol–water partition coefficient (Wildman–Crippen LogP) is 2.18. The molecule has 3 nitrogen and oxygen atoms in total. The molecule has 0 bridgehead atoms. The summed E-state index contributed by atoms with van der Waals surface area (Å²) in [4.78, 5) is 34.1. The minimum absolute atomic E-state index is 0.0977. The molecule has 94 valence electrons. The highest BCUT2D eigenvalue weighted by Crippen LogP contribution is 2.44. The molecule has 0 N–H and O–H groups in total. The number of hydrogen-bond acceptors (Lipinski definition) is 3. The van der Waals surface area contributed by atoms with Gasteiger partial charge in [-0.05, 0) is 30.6 Å². The van der Waals surface area contributed by atoms with E-state index in [-0.39, 0.29) is 11.8 Å². The Kier molecular flexibility index (Phi) is 3.75. The lowest BCUT2D eigenvalue weighted by Gasteiger charge is -2.42. The molecule has 2 rings (SSSR count). The molecule has 0 aliphatic heterocycles. The lowest BCUT2D eigenvalue weighted by atomic mass is 9.61.